The molecule has 0 radical (unpaired) electrons. The monoisotopic (exact) mass is 400 g/mol. The number of nitrogens with zero attached hydrogens (tertiary/aromatic N) is 2. The fraction of sp³-hybridized carbons (Fsp3) is 0.160. The lowest BCUT2D eigenvalue weighted by atomic mass is 9.96. The van der Waals surface area contributed by atoms with Gasteiger partial charge in [0.15, 0.2) is 0 Å². The van der Waals surface area contributed by atoms with Crippen LogP contribution in [0.4, 0.5) is 0 Å². The third-order valence-corrected chi connectivity index (χ3v) is 4.65. The van der Waals surface area contributed by atoms with Crippen LogP contribution in [0.1, 0.15) is 51.8 Å². The molecular formula is C25H24N2O3. The lowest BCUT2D eigenvalue weighted by molar-refractivity contribution is 0.0697. The molecule has 0 aliphatic carbocycles. The smallest absolute Gasteiger partial charge is 0.335 e. The summed E-state index contributed by atoms with van der Waals surface area (Å²) in [6, 6.07) is 14.7. The number of carboxylic acid groups (broad SMARTS) is 1. The van der Waals surface area contributed by atoms with E-state index in [1.54, 1.807) is 37.5 Å². The first-order valence-electron chi connectivity index (χ1n) is 9.72. The van der Waals surface area contributed by atoms with Gasteiger partial charge in [0.05, 0.1) is 17.0 Å². The van der Waals surface area contributed by atoms with Crippen molar-refractivity contribution in [2.24, 2.45) is 0 Å². The summed E-state index contributed by atoms with van der Waals surface area (Å²) in [7, 11) is 0. The van der Waals surface area contributed by atoms with Gasteiger partial charge in [0.25, 0.3) is 0 Å². The number of aromatic carboxylic acids is 1. The maximum Gasteiger partial charge on any atom is 0.335 e. The molecule has 3 rings (SSSR count). The largest absolute Gasteiger partial charge is 0.513 e. The summed E-state index contributed by atoms with van der Waals surface area (Å²) in [5.74, 6) is -0.730. The van der Waals surface area contributed by atoms with E-state index in [2.05, 4.69) is 16.0 Å². The quantitative estimate of drug-likeness (QED) is 0.514. The Morgan fingerprint density at radius 2 is 1.77 bits per heavy atom. The summed E-state index contributed by atoms with van der Waals surface area (Å²) in [5, 5.41) is 18.7. The minimum Gasteiger partial charge on any atom is -0.513 e. The van der Waals surface area contributed by atoms with Crippen molar-refractivity contribution in [1.82, 2.24) is 9.97 Å². The minimum atomic E-state index is -0.952. The number of rotatable bonds is 7. The SMILES string of the molecule is C/C(O)=C\c1cnc(/C(=C\CCc2ccccn2)c2ccc(C(=O)O)cc2)c(C)c1. The maximum absolute atomic E-state index is 11.2. The summed E-state index contributed by atoms with van der Waals surface area (Å²) in [6.07, 6.45) is 8.85. The van der Waals surface area contributed by atoms with Crippen molar-refractivity contribution >= 4 is 17.6 Å². The second kappa shape index (κ2) is 9.65. The molecule has 0 bridgehead atoms. The molecule has 0 atom stereocenters. The van der Waals surface area contributed by atoms with Crippen molar-refractivity contribution in [3.63, 3.8) is 0 Å². The molecule has 0 fully saturated rings. The van der Waals surface area contributed by atoms with Gasteiger partial charge in [-0.15, -0.1) is 0 Å². The van der Waals surface area contributed by atoms with Crippen LogP contribution in [0.25, 0.3) is 11.6 Å². The van der Waals surface area contributed by atoms with Crippen LogP contribution >= 0.6 is 0 Å². The predicted molar refractivity (Wildman–Crippen MR) is 118 cm³/mol. The number of pyridine rings is 2. The van der Waals surface area contributed by atoms with Crippen molar-refractivity contribution in [3.05, 3.63) is 106 Å². The molecule has 0 aliphatic heterocycles. The molecule has 2 aromatic heterocycles. The van der Waals surface area contributed by atoms with E-state index in [4.69, 9.17) is 0 Å². The maximum atomic E-state index is 11.2. The first kappa shape index (κ1) is 21.0. The number of aliphatic hydroxyl groups is 1. The Kier molecular flexibility index (Phi) is 6.75. The minimum absolute atomic E-state index is 0.222. The Hall–Kier alpha value is -3.73. The van der Waals surface area contributed by atoms with Gasteiger partial charge in [-0.2, -0.15) is 0 Å². The van der Waals surface area contributed by atoms with Crippen LogP contribution in [0, 0.1) is 6.92 Å². The number of benzene rings is 1. The predicted octanol–water partition coefficient (Wildman–Crippen LogP) is 5.47. The number of aromatic nitrogens is 2. The van der Waals surface area contributed by atoms with Crippen LogP contribution in [0.2, 0.25) is 0 Å². The van der Waals surface area contributed by atoms with Crippen LogP contribution < -0.4 is 0 Å². The fourth-order valence-electron chi connectivity index (χ4n) is 3.25. The Morgan fingerprint density at radius 3 is 2.37 bits per heavy atom. The van der Waals surface area contributed by atoms with Gasteiger partial charge in [0.2, 0.25) is 0 Å². The molecule has 0 unspecified atom stereocenters. The summed E-state index contributed by atoms with van der Waals surface area (Å²) >= 11 is 0. The second-order valence-corrected chi connectivity index (χ2v) is 7.08. The van der Waals surface area contributed by atoms with Crippen LogP contribution in [0.5, 0.6) is 0 Å². The molecule has 2 heterocycles. The Balaban J connectivity index is 1.97. The molecule has 5 heteroatoms. The third-order valence-electron chi connectivity index (χ3n) is 4.65. The molecule has 0 amide bonds. The molecule has 30 heavy (non-hydrogen) atoms. The highest BCUT2D eigenvalue weighted by atomic mass is 16.4. The number of carbonyl (C=O) groups is 1. The lowest BCUT2D eigenvalue weighted by Gasteiger charge is -2.12. The van der Waals surface area contributed by atoms with E-state index in [9.17, 15) is 15.0 Å². The van der Waals surface area contributed by atoms with Crippen LogP contribution in [-0.2, 0) is 6.42 Å². The number of aryl methyl sites for hydroxylation is 2. The van der Waals surface area contributed by atoms with Crippen molar-refractivity contribution in [1.29, 1.82) is 0 Å². The fourth-order valence-corrected chi connectivity index (χ4v) is 3.25. The van der Waals surface area contributed by atoms with Gasteiger partial charge in [-0.25, -0.2) is 4.79 Å². The van der Waals surface area contributed by atoms with E-state index in [0.29, 0.717) is 0 Å². The standard InChI is InChI=1S/C25H24N2O3/c1-17-14-19(15-18(2)28)16-27-24(17)23(8-5-7-22-6-3-4-13-26-22)20-9-11-21(12-10-20)25(29)30/h3-4,6,8-16,28H,5,7H2,1-2H3,(H,29,30)/b18-15+,23-8-. The highest BCUT2D eigenvalue weighted by Crippen LogP contribution is 2.27. The zero-order chi connectivity index (χ0) is 21.5. The van der Waals surface area contributed by atoms with Crippen LogP contribution in [0.15, 0.2) is 72.8 Å². The summed E-state index contributed by atoms with van der Waals surface area (Å²) in [5.41, 5.74) is 5.72. The van der Waals surface area contributed by atoms with Crippen molar-refractivity contribution in [2.75, 3.05) is 0 Å². The molecule has 1 aromatic carbocycles. The van der Waals surface area contributed by atoms with Gasteiger partial charge in [0, 0.05) is 23.7 Å². The summed E-state index contributed by atoms with van der Waals surface area (Å²) < 4.78 is 0. The third kappa shape index (κ3) is 5.41. The molecule has 0 aliphatic rings. The Morgan fingerprint density at radius 1 is 1.03 bits per heavy atom. The van der Waals surface area contributed by atoms with Crippen LogP contribution in [-0.4, -0.2) is 26.2 Å². The topological polar surface area (TPSA) is 83.3 Å². The summed E-state index contributed by atoms with van der Waals surface area (Å²) in [4.78, 5) is 20.2. The Labute approximate surface area is 176 Å². The van der Waals surface area contributed by atoms with Crippen molar-refractivity contribution < 1.29 is 15.0 Å². The molecule has 0 saturated carbocycles. The van der Waals surface area contributed by atoms with E-state index in [1.807, 2.05) is 43.3 Å². The molecule has 152 valence electrons. The lowest BCUT2D eigenvalue weighted by Crippen LogP contribution is -2.00. The van der Waals surface area contributed by atoms with Crippen molar-refractivity contribution in [2.45, 2.75) is 26.7 Å². The number of allylic oxidation sites excluding steroid dienone is 2. The zero-order valence-corrected chi connectivity index (χ0v) is 17.0. The first-order valence-corrected chi connectivity index (χ1v) is 9.72. The first-order chi connectivity index (χ1) is 14.4. The van der Waals surface area contributed by atoms with Gasteiger partial charge in [-0.05, 0) is 79.8 Å². The van der Waals surface area contributed by atoms with Gasteiger partial charge < -0.3 is 10.2 Å². The molecule has 5 nitrogen and oxygen atoms in total. The van der Waals surface area contributed by atoms with Gasteiger partial charge in [-0.1, -0.05) is 24.3 Å². The molecule has 0 saturated heterocycles. The number of hydrogen-bond acceptors (Lipinski definition) is 4. The van der Waals surface area contributed by atoms with E-state index < -0.39 is 5.97 Å². The number of hydrogen-bond donors (Lipinski definition) is 2. The molecular weight excluding hydrogens is 376 g/mol. The van der Waals surface area contributed by atoms with Gasteiger partial charge in [0.1, 0.15) is 0 Å². The highest BCUT2D eigenvalue weighted by molar-refractivity contribution is 5.89. The Bertz CT molecular complexity index is 1080. The normalized spacial score (nSPS) is 12.1. The number of aliphatic hydroxyl groups excluding tert-OH is 1. The van der Waals surface area contributed by atoms with Crippen LogP contribution in [0.3, 0.4) is 0 Å². The number of carboxylic acids is 1. The average Bonchev–Trinajstić information content (AvgIpc) is 2.72. The van der Waals surface area contributed by atoms with E-state index >= 15 is 0 Å². The summed E-state index contributed by atoms with van der Waals surface area (Å²) in [6.45, 7) is 3.60. The average molecular weight is 400 g/mol. The van der Waals surface area contributed by atoms with Gasteiger partial charge >= 0.3 is 5.97 Å². The second-order valence-electron chi connectivity index (χ2n) is 7.08. The van der Waals surface area contributed by atoms with Crippen molar-refractivity contribution in [3.8, 4) is 0 Å². The molecule has 3 aromatic rings. The highest BCUT2D eigenvalue weighted by Gasteiger charge is 2.12. The zero-order valence-electron chi connectivity index (χ0n) is 17.0. The van der Waals surface area contributed by atoms with Gasteiger partial charge in [-0.3, -0.25) is 9.97 Å². The van der Waals surface area contributed by atoms with E-state index in [1.165, 1.54) is 0 Å². The molecule has 0 spiro atoms. The molecule has 2 N–H and O–H groups in total. The van der Waals surface area contributed by atoms with E-state index in [-0.39, 0.29) is 11.3 Å². The van der Waals surface area contributed by atoms with E-state index in [0.717, 1.165) is 46.5 Å².